The van der Waals surface area contributed by atoms with E-state index in [0.717, 1.165) is 6.33 Å². The Labute approximate surface area is 123 Å². The minimum Gasteiger partial charge on any atom is -0.481 e. The van der Waals surface area contributed by atoms with Crippen LogP contribution >= 0.6 is 0 Å². The zero-order valence-corrected chi connectivity index (χ0v) is 11.5. The highest BCUT2D eigenvalue weighted by Gasteiger charge is 2.35. The van der Waals surface area contributed by atoms with Crippen molar-refractivity contribution in [2.75, 3.05) is 0 Å². The first kappa shape index (κ1) is 17.1. The number of imidazole rings is 1. The third kappa shape index (κ3) is 3.81. The lowest BCUT2D eigenvalue weighted by atomic mass is 9.92. The summed E-state index contributed by atoms with van der Waals surface area (Å²) in [4.78, 5) is 47.9. The Morgan fingerprint density at radius 3 is 1.86 bits per heavy atom. The molecule has 1 aromatic rings. The van der Waals surface area contributed by atoms with Crippen molar-refractivity contribution in [2.45, 2.75) is 24.7 Å². The number of carbonyl (C=O) groups is 4. The summed E-state index contributed by atoms with van der Waals surface area (Å²) in [5.41, 5.74) is -0.394. The monoisotopic (exact) mass is 314 g/mol. The van der Waals surface area contributed by atoms with E-state index in [1.54, 1.807) is 0 Å². The lowest BCUT2D eigenvalue weighted by Crippen LogP contribution is -2.23. The van der Waals surface area contributed by atoms with Crippen molar-refractivity contribution in [1.82, 2.24) is 9.55 Å². The molecule has 0 aliphatic carbocycles. The molecule has 4 N–H and O–H groups in total. The molecule has 0 aliphatic rings. The molecule has 1 heterocycles. The van der Waals surface area contributed by atoms with Crippen LogP contribution in [-0.4, -0.2) is 53.9 Å². The summed E-state index contributed by atoms with van der Waals surface area (Å²) >= 11 is 0. The zero-order valence-electron chi connectivity index (χ0n) is 11.5. The number of carboxylic acids is 4. The van der Waals surface area contributed by atoms with Gasteiger partial charge in [-0.15, -0.1) is 0 Å². The quantitative estimate of drug-likeness (QED) is 0.503. The van der Waals surface area contributed by atoms with Crippen LogP contribution in [-0.2, 0) is 26.2 Å². The summed E-state index contributed by atoms with van der Waals surface area (Å²) in [6, 6.07) is 0. The largest absolute Gasteiger partial charge is 0.481 e. The second-order valence-electron chi connectivity index (χ2n) is 4.60. The van der Waals surface area contributed by atoms with Crippen LogP contribution in [0, 0.1) is 0 Å². The smallest absolute Gasteiger partial charge is 0.313 e. The Kier molecular flexibility index (Phi) is 5.22. The maximum Gasteiger partial charge on any atom is 0.313 e. The molecular formula is C12H14N2O8. The van der Waals surface area contributed by atoms with Gasteiger partial charge in [-0.25, -0.2) is 4.98 Å². The maximum atomic E-state index is 11.3. The molecule has 10 nitrogen and oxygen atoms in total. The van der Waals surface area contributed by atoms with E-state index in [-0.39, 0.29) is 11.4 Å². The van der Waals surface area contributed by atoms with Gasteiger partial charge < -0.3 is 25.0 Å². The Morgan fingerprint density at radius 2 is 1.45 bits per heavy atom. The van der Waals surface area contributed by atoms with Crippen LogP contribution in [0.1, 0.15) is 36.1 Å². The molecule has 1 rings (SSSR count). The van der Waals surface area contributed by atoms with Crippen LogP contribution < -0.4 is 0 Å². The lowest BCUT2D eigenvalue weighted by molar-refractivity contribution is -0.146. The minimum absolute atomic E-state index is 0.136. The number of hydrogen-bond donors (Lipinski definition) is 4. The fourth-order valence-electron chi connectivity index (χ4n) is 2.10. The molecule has 0 saturated carbocycles. The van der Waals surface area contributed by atoms with Crippen LogP contribution in [0.15, 0.2) is 6.33 Å². The van der Waals surface area contributed by atoms with Crippen LogP contribution in [0.3, 0.4) is 0 Å². The van der Waals surface area contributed by atoms with Crippen molar-refractivity contribution in [2.24, 2.45) is 7.05 Å². The van der Waals surface area contributed by atoms with Gasteiger partial charge in [0.2, 0.25) is 0 Å². The number of aryl methyl sites for hydroxylation is 1. The van der Waals surface area contributed by atoms with Crippen LogP contribution in [0.2, 0.25) is 0 Å². The third-order valence-corrected chi connectivity index (χ3v) is 3.03. The average Bonchev–Trinajstić information content (AvgIpc) is 2.73. The number of aromatic nitrogens is 2. The van der Waals surface area contributed by atoms with E-state index in [1.807, 2.05) is 0 Å². The molecule has 2 unspecified atom stereocenters. The summed E-state index contributed by atoms with van der Waals surface area (Å²) in [6.07, 6.45) is -0.444. The van der Waals surface area contributed by atoms with E-state index < -0.39 is 48.6 Å². The Balaban J connectivity index is 3.38. The summed E-state index contributed by atoms with van der Waals surface area (Å²) < 4.78 is 1.19. The number of rotatable bonds is 8. The van der Waals surface area contributed by atoms with Crippen molar-refractivity contribution in [3.63, 3.8) is 0 Å². The van der Waals surface area contributed by atoms with E-state index in [9.17, 15) is 24.3 Å². The fourth-order valence-corrected chi connectivity index (χ4v) is 2.10. The van der Waals surface area contributed by atoms with Crippen molar-refractivity contribution >= 4 is 23.9 Å². The fraction of sp³-hybridized carbons (Fsp3) is 0.417. The van der Waals surface area contributed by atoms with E-state index >= 15 is 0 Å². The highest BCUT2D eigenvalue weighted by molar-refractivity contribution is 5.85. The maximum absolute atomic E-state index is 11.3. The van der Waals surface area contributed by atoms with Gasteiger partial charge in [0.15, 0.2) is 0 Å². The topological polar surface area (TPSA) is 167 Å². The Hall–Kier alpha value is -2.91. The molecular weight excluding hydrogens is 300 g/mol. The van der Waals surface area contributed by atoms with Gasteiger partial charge >= 0.3 is 23.9 Å². The standard InChI is InChI=1S/C12H14N2O8/c1-14-4-13-9(5(11(19)20)2-7(15)16)10(14)6(12(21)22)3-8(17)18/h4-6H,2-3H2,1H3,(H,15,16)(H,17,18)(H,19,20)(H,21,22). The molecule has 1 aromatic heterocycles. The van der Waals surface area contributed by atoms with Gasteiger partial charge in [-0.05, 0) is 0 Å². The molecule has 0 bridgehead atoms. The minimum atomic E-state index is -1.57. The molecule has 0 amide bonds. The average molecular weight is 314 g/mol. The summed E-state index contributed by atoms with van der Waals surface area (Å²) in [7, 11) is 1.38. The van der Waals surface area contributed by atoms with E-state index in [1.165, 1.54) is 11.6 Å². The zero-order chi connectivity index (χ0) is 17.0. The first-order valence-electron chi connectivity index (χ1n) is 6.05. The second kappa shape index (κ2) is 6.70. The van der Waals surface area contributed by atoms with Crippen LogP contribution in [0.4, 0.5) is 0 Å². The van der Waals surface area contributed by atoms with Gasteiger partial charge in [-0.3, -0.25) is 19.2 Å². The molecule has 0 radical (unpaired) electrons. The molecule has 10 heteroatoms. The number of carboxylic acid groups (broad SMARTS) is 4. The normalized spacial score (nSPS) is 13.3. The first-order chi connectivity index (χ1) is 10.1. The van der Waals surface area contributed by atoms with Gasteiger partial charge in [0.05, 0.1) is 30.6 Å². The van der Waals surface area contributed by atoms with Crippen molar-refractivity contribution in [1.29, 1.82) is 0 Å². The SMILES string of the molecule is Cn1cnc(C(CC(=O)O)C(=O)O)c1C(CC(=O)O)C(=O)O. The van der Waals surface area contributed by atoms with Gasteiger partial charge in [-0.1, -0.05) is 0 Å². The lowest BCUT2D eigenvalue weighted by Gasteiger charge is -2.16. The third-order valence-electron chi connectivity index (χ3n) is 3.03. The molecule has 0 fully saturated rings. The van der Waals surface area contributed by atoms with E-state index in [4.69, 9.17) is 15.3 Å². The molecule has 0 aromatic carbocycles. The van der Waals surface area contributed by atoms with Gasteiger partial charge in [0.25, 0.3) is 0 Å². The van der Waals surface area contributed by atoms with Crippen molar-refractivity contribution in [3.8, 4) is 0 Å². The number of nitrogens with zero attached hydrogens (tertiary/aromatic N) is 2. The van der Waals surface area contributed by atoms with E-state index in [2.05, 4.69) is 4.98 Å². The highest BCUT2D eigenvalue weighted by atomic mass is 16.4. The molecule has 120 valence electrons. The van der Waals surface area contributed by atoms with Crippen molar-refractivity contribution < 1.29 is 39.6 Å². The molecule has 22 heavy (non-hydrogen) atoms. The molecule has 0 spiro atoms. The molecule has 2 atom stereocenters. The van der Waals surface area contributed by atoms with Gasteiger partial charge in [0.1, 0.15) is 11.8 Å². The van der Waals surface area contributed by atoms with Crippen LogP contribution in [0.5, 0.6) is 0 Å². The number of hydrogen-bond acceptors (Lipinski definition) is 5. The highest BCUT2D eigenvalue weighted by Crippen LogP contribution is 2.30. The second-order valence-corrected chi connectivity index (χ2v) is 4.60. The van der Waals surface area contributed by atoms with Crippen LogP contribution in [0.25, 0.3) is 0 Å². The van der Waals surface area contributed by atoms with Gasteiger partial charge in [0, 0.05) is 7.05 Å². The molecule has 0 aliphatic heterocycles. The van der Waals surface area contributed by atoms with Crippen molar-refractivity contribution in [3.05, 3.63) is 17.7 Å². The summed E-state index contributed by atoms with van der Waals surface area (Å²) in [5.74, 6) is -8.83. The first-order valence-corrected chi connectivity index (χ1v) is 6.05. The van der Waals surface area contributed by atoms with Gasteiger partial charge in [-0.2, -0.15) is 0 Å². The predicted octanol–water partition coefficient (Wildman–Crippen LogP) is -0.294. The van der Waals surface area contributed by atoms with E-state index in [0.29, 0.717) is 0 Å². The Morgan fingerprint density at radius 1 is 1.00 bits per heavy atom. The Bertz CT molecular complexity index is 621. The summed E-state index contributed by atoms with van der Waals surface area (Å²) in [6.45, 7) is 0. The predicted molar refractivity (Wildman–Crippen MR) is 68.5 cm³/mol. The molecule has 0 saturated heterocycles. The number of aliphatic carboxylic acids is 4. The summed E-state index contributed by atoms with van der Waals surface area (Å²) in [5, 5.41) is 35.9.